The standard InChI is InChI=1S/C14H9ClFN3O2S/c1-21-14(20)7-6-10-13(18-19-22-10)11(16)12(7)17-9-5-3-2-4-8(9)15/h2-6,17H,1H3. The average molecular weight is 338 g/mol. The van der Waals surface area contributed by atoms with E-state index in [1.54, 1.807) is 24.3 Å². The molecule has 0 bridgehead atoms. The molecular formula is C14H9ClFN3O2S. The van der Waals surface area contributed by atoms with E-state index in [4.69, 9.17) is 16.3 Å². The summed E-state index contributed by atoms with van der Waals surface area (Å²) in [6.45, 7) is 0. The van der Waals surface area contributed by atoms with Gasteiger partial charge < -0.3 is 10.1 Å². The van der Waals surface area contributed by atoms with Crippen LogP contribution in [0.5, 0.6) is 0 Å². The molecule has 2 aromatic carbocycles. The third-order valence-corrected chi connectivity index (χ3v) is 4.03. The van der Waals surface area contributed by atoms with Crippen molar-refractivity contribution in [1.82, 2.24) is 9.59 Å². The van der Waals surface area contributed by atoms with Gasteiger partial charge in [0.25, 0.3) is 0 Å². The van der Waals surface area contributed by atoms with Gasteiger partial charge in [0.15, 0.2) is 5.82 Å². The highest BCUT2D eigenvalue weighted by Crippen LogP contribution is 2.34. The van der Waals surface area contributed by atoms with Gasteiger partial charge in [0.2, 0.25) is 0 Å². The van der Waals surface area contributed by atoms with Crippen molar-refractivity contribution in [2.45, 2.75) is 0 Å². The van der Waals surface area contributed by atoms with Gasteiger partial charge >= 0.3 is 5.97 Å². The average Bonchev–Trinajstić information content (AvgIpc) is 2.99. The van der Waals surface area contributed by atoms with E-state index < -0.39 is 11.8 Å². The second-order valence-corrected chi connectivity index (χ2v) is 5.52. The number of anilines is 2. The summed E-state index contributed by atoms with van der Waals surface area (Å²) >= 11 is 7.06. The lowest BCUT2D eigenvalue weighted by atomic mass is 10.1. The second-order valence-electron chi connectivity index (χ2n) is 4.33. The van der Waals surface area contributed by atoms with Crippen LogP contribution in [0, 0.1) is 5.82 Å². The Balaban J connectivity index is 2.19. The van der Waals surface area contributed by atoms with Crippen LogP contribution in [0.3, 0.4) is 0 Å². The minimum absolute atomic E-state index is 0.0415. The minimum Gasteiger partial charge on any atom is -0.465 e. The number of methoxy groups -OCH3 is 1. The Morgan fingerprint density at radius 2 is 2.18 bits per heavy atom. The highest BCUT2D eigenvalue weighted by molar-refractivity contribution is 7.13. The van der Waals surface area contributed by atoms with Gasteiger partial charge in [-0.15, -0.1) is 5.10 Å². The summed E-state index contributed by atoms with van der Waals surface area (Å²) in [6, 6.07) is 8.31. The van der Waals surface area contributed by atoms with Crippen LogP contribution in [0.15, 0.2) is 30.3 Å². The highest BCUT2D eigenvalue weighted by Gasteiger charge is 2.22. The Labute approximate surface area is 133 Å². The van der Waals surface area contributed by atoms with Gasteiger partial charge in [-0.25, -0.2) is 9.18 Å². The maximum absolute atomic E-state index is 14.7. The number of hydrogen-bond acceptors (Lipinski definition) is 6. The van der Waals surface area contributed by atoms with Gasteiger partial charge in [0, 0.05) is 0 Å². The van der Waals surface area contributed by atoms with E-state index in [0.29, 0.717) is 15.4 Å². The molecule has 3 aromatic rings. The SMILES string of the molecule is COC(=O)c1cc2snnc2c(F)c1Nc1ccccc1Cl. The molecule has 0 fully saturated rings. The fourth-order valence-electron chi connectivity index (χ4n) is 1.97. The molecule has 0 radical (unpaired) electrons. The number of nitrogens with zero attached hydrogens (tertiary/aromatic N) is 2. The molecule has 112 valence electrons. The molecule has 22 heavy (non-hydrogen) atoms. The molecule has 5 nitrogen and oxygen atoms in total. The van der Waals surface area contributed by atoms with Crippen LogP contribution in [0.25, 0.3) is 10.2 Å². The molecule has 0 aliphatic carbocycles. The first kappa shape index (κ1) is 14.7. The van der Waals surface area contributed by atoms with Crippen LogP contribution in [0.4, 0.5) is 15.8 Å². The third kappa shape index (κ3) is 2.49. The lowest BCUT2D eigenvalue weighted by Crippen LogP contribution is -2.08. The van der Waals surface area contributed by atoms with Crippen molar-refractivity contribution in [3.05, 3.63) is 46.7 Å². The Morgan fingerprint density at radius 1 is 1.41 bits per heavy atom. The summed E-state index contributed by atoms with van der Waals surface area (Å²) in [4.78, 5) is 11.9. The van der Waals surface area contributed by atoms with Crippen molar-refractivity contribution < 1.29 is 13.9 Å². The zero-order valence-electron chi connectivity index (χ0n) is 11.3. The van der Waals surface area contributed by atoms with Crippen LogP contribution in [-0.4, -0.2) is 22.7 Å². The van der Waals surface area contributed by atoms with Crippen LogP contribution in [0.2, 0.25) is 5.02 Å². The number of carbonyl (C=O) groups excluding carboxylic acids is 1. The monoisotopic (exact) mass is 337 g/mol. The molecule has 0 spiro atoms. The predicted octanol–water partition coefficient (Wildman–Crippen LogP) is 4.01. The molecule has 3 rings (SSSR count). The predicted molar refractivity (Wildman–Crippen MR) is 83.4 cm³/mol. The molecule has 1 N–H and O–H groups in total. The van der Waals surface area contributed by atoms with Crippen molar-refractivity contribution in [1.29, 1.82) is 0 Å². The van der Waals surface area contributed by atoms with E-state index in [1.807, 2.05) is 0 Å². The molecular weight excluding hydrogens is 329 g/mol. The number of benzene rings is 2. The summed E-state index contributed by atoms with van der Waals surface area (Å²) in [5, 5.41) is 6.97. The lowest BCUT2D eigenvalue weighted by Gasteiger charge is -2.13. The molecule has 1 aromatic heterocycles. The van der Waals surface area contributed by atoms with Crippen LogP contribution in [0.1, 0.15) is 10.4 Å². The molecule has 1 heterocycles. The smallest absolute Gasteiger partial charge is 0.340 e. The molecule has 8 heteroatoms. The first-order valence-corrected chi connectivity index (χ1v) is 7.31. The number of para-hydroxylation sites is 1. The number of esters is 1. The number of nitrogens with one attached hydrogen (secondary N) is 1. The van der Waals surface area contributed by atoms with Gasteiger partial charge in [-0.05, 0) is 29.7 Å². The number of fused-ring (bicyclic) bond motifs is 1. The largest absolute Gasteiger partial charge is 0.465 e. The van der Waals surface area contributed by atoms with E-state index in [9.17, 15) is 9.18 Å². The Kier molecular flexibility index (Phi) is 3.91. The van der Waals surface area contributed by atoms with Crippen molar-refractivity contribution in [3.8, 4) is 0 Å². The molecule has 0 amide bonds. The third-order valence-electron chi connectivity index (χ3n) is 3.02. The van der Waals surface area contributed by atoms with Crippen LogP contribution in [-0.2, 0) is 4.74 Å². The molecule has 0 saturated carbocycles. The number of aromatic nitrogens is 2. The highest BCUT2D eigenvalue weighted by atomic mass is 35.5. The number of rotatable bonds is 3. The van der Waals surface area contributed by atoms with Crippen molar-refractivity contribution >= 4 is 50.7 Å². The summed E-state index contributed by atoms with van der Waals surface area (Å²) in [6.07, 6.45) is 0. The summed E-state index contributed by atoms with van der Waals surface area (Å²) in [5.41, 5.74) is 0.571. The van der Waals surface area contributed by atoms with Crippen molar-refractivity contribution in [2.75, 3.05) is 12.4 Å². The van der Waals surface area contributed by atoms with Gasteiger partial charge in [-0.1, -0.05) is 28.2 Å². The number of ether oxygens (including phenoxy) is 1. The topological polar surface area (TPSA) is 64.1 Å². The van der Waals surface area contributed by atoms with E-state index in [-0.39, 0.29) is 16.8 Å². The molecule has 0 atom stereocenters. The maximum atomic E-state index is 14.7. The van der Waals surface area contributed by atoms with Crippen LogP contribution >= 0.6 is 23.1 Å². The van der Waals surface area contributed by atoms with Gasteiger partial charge in [-0.2, -0.15) is 0 Å². The van der Waals surface area contributed by atoms with E-state index >= 15 is 0 Å². The van der Waals surface area contributed by atoms with Crippen molar-refractivity contribution in [3.63, 3.8) is 0 Å². The second kappa shape index (κ2) is 5.86. The molecule has 0 aliphatic heterocycles. The maximum Gasteiger partial charge on any atom is 0.340 e. The van der Waals surface area contributed by atoms with Gasteiger partial charge in [0.1, 0.15) is 5.52 Å². The fourth-order valence-corrected chi connectivity index (χ4v) is 2.76. The van der Waals surface area contributed by atoms with E-state index in [0.717, 1.165) is 11.5 Å². The normalized spacial score (nSPS) is 10.7. The first-order valence-electron chi connectivity index (χ1n) is 6.16. The van der Waals surface area contributed by atoms with E-state index in [1.165, 1.54) is 13.2 Å². The number of halogens is 2. The molecule has 0 saturated heterocycles. The Morgan fingerprint density at radius 3 is 2.91 bits per heavy atom. The number of carbonyl (C=O) groups is 1. The summed E-state index contributed by atoms with van der Waals surface area (Å²) < 4.78 is 23.5. The van der Waals surface area contributed by atoms with Crippen LogP contribution < -0.4 is 5.32 Å². The van der Waals surface area contributed by atoms with Crippen molar-refractivity contribution in [2.24, 2.45) is 0 Å². The zero-order chi connectivity index (χ0) is 15.7. The molecule has 0 aliphatic rings. The molecule has 0 unspecified atom stereocenters. The minimum atomic E-state index is -0.674. The lowest BCUT2D eigenvalue weighted by molar-refractivity contribution is 0.0601. The van der Waals surface area contributed by atoms with Gasteiger partial charge in [0.05, 0.1) is 33.8 Å². The number of hydrogen-bond donors (Lipinski definition) is 1. The van der Waals surface area contributed by atoms with Gasteiger partial charge in [-0.3, -0.25) is 0 Å². The zero-order valence-corrected chi connectivity index (χ0v) is 12.8. The Bertz CT molecular complexity index is 868. The van der Waals surface area contributed by atoms with E-state index in [2.05, 4.69) is 14.9 Å². The fraction of sp³-hybridized carbons (Fsp3) is 0.0714. The summed E-state index contributed by atoms with van der Waals surface area (Å²) in [5.74, 6) is -1.34. The summed E-state index contributed by atoms with van der Waals surface area (Å²) in [7, 11) is 1.23. The first-order chi connectivity index (χ1) is 10.6. The Hall–Kier alpha value is -2.25. The quantitative estimate of drug-likeness (QED) is 0.731.